The van der Waals surface area contributed by atoms with Crippen molar-refractivity contribution in [2.24, 2.45) is 0 Å². The first kappa shape index (κ1) is 44.2. The van der Waals surface area contributed by atoms with Gasteiger partial charge in [-0.3, -0.25) is 9.59 Å². The maximum Gasteiger partial charge on any atom is 0.306 e. The molecule has 1 fully saturated rings. The molecule has 0 saturated carbocycles. The lowest BCUT2D eigenvalue weighted by atomic mass is 9.98. The average molecular weight is 705 g/mol. The predicted molar refractivity (Wildman–Crippen MR) is 200 cm³/mol. The molecule has 0 aromatic heterocycles. The largest absolute Gasteiger partial charge is 0.455 e. The highest BCUT2D eigenvalue weighted by Crippen LogP contribution is 2.30. The second-order valence-corrected chi connectivity index (χ2v) is 14.2. The average Bonchev–Trinajstić information content (AvgIpc) is 3.13. The highest BCUT2D eigenvalue weighted by molar-refractivity contribution is 5.70. The summed E-state index contributed by atoms with van der Waals surface area (Å²) >= 11 is 0. The molecule has 0 spiro atoms. The van der Waals surface area contributed by atoms with Crippen molar-refractivity contribution in [2.75, 3.05) is 13.7 Å². The quantitative estimate of drug-likeness (QED) is 0.0602. The number of hydrogen-bond acceptors (Lipinski definition) is 8. The highest BCUT2D eigenvalue weighted by Gasteiger charge is 2.51. The van der Waals surface area contributed by atoms with Gasteiger partial charge in [0.1, 0.15) is 12.2 Å². The van der Waals surface area contributed by atoms with Crippen molar-refractivity contribution in [3.63, 3.8) is 0 Å². The van der Waals surface area contributed by atoms with E-state index < -0.39 is 30.7 Å². The Kier molecular flexibility index (Phi) is 26.1. The minimum Gasteiger partial charge on any atom is -0.455 e. The van der Waals surface area contributed by atoms with Crippen LogP contribution >= 0.6 is 0 Å². The molecule has 0 unspecified atom stereocenters. The van der Waals surface area contributed by atoms with Gasteiger partial charge in [-0.25, -0.2) is 0 Å². The fourth-order valence-corrected chi connectivity index (χ4v) is 6.73. The number of unbranched alkanes of at least 4 members (excludes halogenated alkanes) is 20. The zero-order chi connectivity index (χ0) is 36.1. The molecule has 288 valence electrons. The monoisotopic (exact) mass is 705 g/mol. The molecule has 0 bridgehead atoms. The van der Waals surface area contributed by atoms with Crippen molar-refractivity contribution in [3.8, 4) is 0 Å². The number of aliphatic hydroxyl groups is 1. The summed E-state index contributed by atoms with van der Waals surface area (Å²) < 4.78 is 29.9. The molecule has 0 radical (unpaired) electrons. The van der Waals surface area contributed by atoms with Crippen molar-refractivity contribution in [3.05, 3.63) is 35.9 Å². The predicted octanol–water partition coefficient (Wildman–Crippen LogP) is 10.2. The van der Waals surface area contributed by atoms with Gasteiger partial charge in [0, 0.05) is 20.0 Å². The Morgan fingerprint density at radius 3 is 1.44 bits per heavy atom. The van der Waals surface area contributed by atoms with Crippen LogP contribution in [0.5, 0.6) is 0 Å². The van der Waals surface area contributed by atoms with Gasteiger partial charge in [-0.15, -0.1) is 0 Å². The van der Waals surface area contributed by atoms with E-state index in [0.29, 0.717) is 0 Å². The van der Waals surface area contributed by atoms with E-state index in [1.54, 1.807) is 0 Å². The molecule has 0 amide bonds. The third-order valence-corrected chi connectivity index (χ3v) is 9.79. The number of rotatable bonds is 31. The number of benzene rings is 1. The molecule has 8 heteroatoms. The van der Waals surface area contributed by atoms with Crippen LogP contribution < -0.4 is 0 Å². The summed E-state index contributed by atoms with van der Waals surface area (Å²) in [6, 6.07) is 9.65. The van der Waals surface area contributed by atoms with Crippen molar-refractivity contribution >= 4 is 11.9 Å². The zero-order valence-corrected chi connectivity index (χ0v) is 32.0. The summed E-state index contributed by atoms with van der Waals surface area (Å²) in [5.41, 5.74) is 0.925. The van der Waals surface area contributed by atoms with Crippen LogP contribution in [-0.4, -0.2) is 61.5 Å². The molecule has 5 atom stereocenters. The molecule has 1 aliphatic heterocycles. The molecular formula is C42H72O8. The normalized spacial score (nSPS) is 20.5. The van der Waals surface area contributed by atoms with Crippen LogP contribution in [0.3, 0.4) is 0 Å². The molecular weight excluding hydrogens is 632 g/mol. The first-order chi connectivity index (χ1) is 24.5. The molecule has 2 rings (SSSR count). The number of ether oxygens (including phenoxy) is 5. The van der Waals surface area contributed by atoms with Gasteiger partial charge in [0.25, 0.3) is 0 Å². The van der Waals surface area contributed by atoms with E-state index in [0.717, 1.165) is 44.1 Å². The van der Waals surface area contributed by atoms with Gasteiger partial charge in [-0.2, -0.15) is 0 Å². The maximum atomic E-state index is 13.2. The molecule has 1 saturated heterocycles. The number of carbonyl (C=O) groups is 2. The number of aliphatic hydroxyl groups excluding tert-OH is 1. The summed E-state index contributed by atoms with van der Waals surface area (Å²) in [4.78, 5) is 26.4. The Labute approximate surface area is 304 Å². The highest BCUT2D eigenvalue weighted by atomic mass is 16.7. The maximum absolute atomic E-state index is 13.2. The van der Waals surface area contributed by atoms with Gasteiger partial charge in [0.15, 0.2) is 18.5 Å². The molecule has 1 N–H and O–H groups in total. The number of esters is 2. The first-order valence-electron chi connectivity index (χ1n) is 20.4. The Morgan fingerprint density at radius 2 is 1.02 bits per heavy atom. The standard InChI is InChI=1S/C42H72O8/c1-4-6-8-10-12-14-16-18-20-22-27-31-37(44)49-40-39(47-34-35-29-25-24-26-30-35)36(33-43)48-42(46-3)41(40)50-38(45)32-28-23-21-19-17-15-13-11-9-7-5-2/h24-26,29-30,36,39-43H,4-23,27-28,31-34H2,1-3H3/t36-,39-,40+,41-,42+/m1/s1. The van der Waals surface area contributed by atoms with Gasteiger partial charge in [-0.05, 0) is 18.4 Å². The SMILES string of the molecule is CCCCCCCCCCCCCC(=O)O[C@@H]1[C@@H](OC(=O)CCCCCCCCCCCCC)[C@@H](OC)O[C@H](CO)[C@H]1OCc1ccccc1. The van der Waals surface area contributed by atoms with Crippen LogP contribution in [-0.2, 0) is 39.9 Å². The van der Waals surface area contributed by atoms with Gasteiger partial charge < -0.3 is 28.8 Å². The third-order valence-electron chi connectivity index (χ3n) is 9.79. The fourth-order valence-electron chi connectivity index (χ4n) is 6.73. The van der Waals surface area contributed by atoms with Crippen LogP contribution in [0.2, 0.25) is 0 Å². The van der Waals surface area contributed by atoms with Gasteiger partial charge in [0.2, 0.25) is 0 Å². The van der Waals surface area contributed by atoms with Crippen LogP contribution in [0.4, 0.5) is 0 Å². The number of methoxy groups -OCH3 is 1. The Morgan fingerprint density at radius 1 is 0.600 bits per heavy atom. The molecule has 1 aromatic carbocycles. The molecule has 1 aliphatic rings. The van der Waals surface area contributed by atoms with E-state index >= 15 is 0 Å². The zero-order valence-electron chi connectivity index (χ0n) is 32.0. The Hall–Kier alpha value is -2.00. The summed E-state index contributed by atoms with van der Waals surface area (Å²) in [7, 11) is 1.46. The minimum absolute atomic E-state index is 0.217. The lowest BCUT2D eigenvalue weighted by Crippen LogP contribution is -2.62. The summed E-state index contributed by atoms with van der Waals surface area (Å²) in [5, 5.41) is 10.3. The van der Waals surface area contributed by atoms with Gasteiger partial charge in [-0.1, -0.05) is 173 Å². The summed E-state index contributed by atoms with van der Waals surface area (Å²) in [5.74, 6) is -0.758. The third kappa shape index (κ3) is 19.6. The second-order valence-electron chi connectivity index (χ2n) is 14.2. The second kappa shape index (κ2) is 29.6. The Balaban J connectivity index is 1.91. The number of carbonyl (C=O) groups excluding carboxylic acids is 2. The van der Waals surface area contributed by atoms with E-state index in [9.17, 15) is 14.7 Å². The van der Waals surface area contributed by atoms with Crippen molar-refractivity contribution in [1.82, 2.24) is 0 Å². The smallest absolute Gasteiger partial charge is 0.306 e. The van der Waals surface area contributed by atoms with Crippen molar-refractivity contribution in [1.29, 1.82) is 0 Å². The molecule has 1 aromatic rings. The van der Waals surface area contributed by atoms with E-state index in [1.165, 1.54) is 110 Å². The van der Waals surface area contributed by atoms with E-state index in [2.05, 4.69) is 13.8 Å². The fraction of sp³-hybridized carbons (Fsp3) is 0.810. The van der Waals surface area contributed by atoms with E-state index in [-0.39, 0.29) is 38.0 Å². The van der Waals surface area contributed by atoms with Crippen molar-refractivity contribution < 1.29 is 38.4 Å². The van der Waals surface area contributed by atoms with Crippen LogP contribution in [0.1, 0.15) is 174 Å². The van der Waals surface area contributed by atoms with E-state index in [1.807, 2.05) is 30.3 Å². The van der Waals surface area contributed by atoms with Crippen molar-refractivity contribution in [2.45, 2.75) is 205 Å². The van der Waals surface area contributed by atoms with Crippen LogP contribution in [0, 0.1) is 0 Å². The number of hydrogen-bond donors (Lipinski definition) is 1. The van der Waals surface area contributed by atoms with E-state index in [4.69, 9.17) is 23.7 Å². The molecule has 8 nitrogen and oxygen atoms in total. The summed E-state index contributed by atoms with van der Waals surface area (Å²) in [6.45, 7) is 4.34. The molecule has 1 heterocycles. The lowest BCUT2D eigenvalue weighted by molar-refractivity contribution is -0.308. The van der Waals surface area contributed by atoms with Crippen LogP contribution in [0.25, 0.3) is 0 Å². The van der Waals surface area contributed by atoms with Gasteiger partial charge in [0.05, 0.1) is 13.2 Å². The van der Waals surface area contributed by atoms with Gasteiger partial charge >= 0.3 is 11.9 Å². The molecule has 50 heavy (non-hydrogen) atoms. The Bertz CT molecular complexity index is 956. The molecule has 0 aliphatic carbocycles. The summed E-state index contributed by atoms with van der Waals surface area (Å²) in [6.07, 6.45) is 22.0. The lowest BCUT2D eigenvalue weighted by Gasteiger charge is -2.44. The topological polar surface area (TPSA) is 101 Å². The minimum atomic E-state index is -1.02. The van der Waals surface area contributed by atoms with Crippen LogP contribution in [0.15, 0.2) is 30.3 Å². The first-order valence-corrected chi connectivity index (χ1v) is 20.4.